The molecule has 1 unspecified atom stereocenters. The van der Waals surface area contributed by atoms with Crippen molar-refractivity contribution < 1.29 is 9.13 Å². The highest BCUT2D eigenvalue weighted by atomic mass is 19.1. The molecule has 2 heterocycles. The molecule has 104 valence electrons. The number of benzene rings is 1. The molecule has 0 aromatic heterocycles. The van der Waals surface area contributed by atoms with Gasteiger partial charge in [0.1, 0.15) is 5.82 Å². The number of likely N-dealkylation sites (tertiary alicyclic amines) is 1. The maximum absolute atomic E-state index is 12.9. The molecular formula is C16H22FNO. The fourth-order valence-corrected chi connectivity index (χ4v) is 3.35. The van der Waals surface area contributed by atoms with Crippen molar-refractivity contribution in [3.05, 3.63) is 35.6 Å². The highest BCUT2D eigenvalue weighted by Crippen LogP contribution is 2.42. The molecule has 0 amide bonds. The molecule has 3 heteroatoms. The van der Waals surface area contributed by atoms with E-state index in [0.717, 1.165) is 19.4 Å². The van der Waals surface area contributed by atoms with Gasteiger partial charge in [0, 0.05) is 0 Å². The molecule has 1 aromatic carbocycles. The van der Waals surface area contributed by atoms with Gasteiger partial charge in [-0.2, -0.15) is 0 Å². The number of ether oxygens (including phenoxy) is 1. The van der Waals surface area contributed by atoms with Gasteiger partial charge in [0.15, 0.2) is 0 Å². The summed E-state index contributed by atoms with van der Waals surface area (Å²) < 4.78 is 18.9. The van der Waals surface area contributed by atoms with Crippen LogP contribution in [0.4, 0.5) is 4.39 Å². The predicted octanol–water partition coefficient (Wildman–Crippen LogP) is 2.87. The van der Waals surface area contributed by atoms with Crippen LogP contribution in [0.15, 0.2) is 24.3 Å². The van der Waals surface area contributed by atoms with Crippen LogP contribution < -0.4 is 0 Å². The second kappa shape index (κ2) is 5.22. The van der Waals surface area contributed by atoms with Crippen LogP contribution in [0.3, 0.4) is 0 Å². The van der Waals surface area contributed by atoms with Gasteiger partial charge in [0.2, 0.25) is 0 Å². The number of halogens is 1. The third kappa shape index (κ3) is 2.98. The number of piperidine rings is 1. The summed E-state index contributed by atoms with van der Waals surface area (Å²) in [5, 5.41) is 0. The van der Waals surface area contributed by atoms with E-state index in [1.54, 1.807) is 0 Å². The first-order valence-electron chi connectivity index (χ1n) is 7.20. The van der Waals surface area contributed by atoms with Crippen LogP contribution in [0.5, 0.6) is 0 Å². The molecule has 3 rings (SSSR count). The van der Waals surface area contributed by atoms with E-state index >= 15 is 0 Å². The van der Waals surface area contributed by atoms with E-state index < -0.39 is 0 Å². The zero-order chi connectivity index (χ0) is 13.3. The maximum Gasteiger partial charge on any atom is 0.123 e. The van der Waals surface area contributed by atoms with E-state index in [1.165, 1.54) is 43.6 Å². The molecule has 0 aliphatic carbocycles. The Morgan fingerprint density at radius 3 is 2.63 bits per heavy atom. The van der Waals surface area contributed by atoms with Gasteiger partial charge >= 0.3 is 0 Å². The minimum Gasteiger partial charge on any atom is -0.377 e. The third-order valence-corrected chi connectivity index (χ3v) is 4.71. The summed E-state index contributed by atoms with van der Waals surface area (Å²) >= 11 is 0. The normalized spacial score (nSPS) is 26.9. The van der Waals surface area contributed by atoms with Crippen LogP contribution in [0, 0.1) is 11.2 Å². The molecule has 2 saturated heterocycles. The molecule has 0 radical (unpaired) electrons. The number of nitrogens with zero attached hydrogens (tertiary/aromatic N) is 1. The lowest BCUT2D eigenvalue weighted by molar-refractivity contribution is 0.0714. The Hall–Kier alpha value is -0.930. The summed E-state index contributed by atoms with van der Waals surface area (Å²) in [6.45, 7) is 3.28. The molecule has 0 bridgehead atoms. The van der Waals surface area contributed by atoms with Crippen LogP contribution >= 0.6 is 0 Å². The van der Waals surface area contributed by atoms with Gasteiger partial charge in [-0.15, -0.1) is 0 Å². The molecule has 0 saturated carbocycles. The van der Waals surface area contributed by atoms with Gasteiger partial charge in [-0.05, 0) is 68.9 Å². The van der Waals surface area contributed by atoms with Gasteiger partial charge in [0.05, 0.1) is 12.7 Å². The Morgan fingerprint density at radius 2 is 1.95 bits per heavy atom. The van der Waals surface area contributed by atoms with E-state index in [0.29, 0.717) is 11.5 Å². The van der Waals surface area contributed by atoms with Crippen molar-refractivity contribution in [1.82, 2.24) is 4.90 Å². The van der Waals surface area contributed by atoms with Crippen molar-refractivity contribution in [2.45, 2.75) is 31.8 Å². The minimum absolute atomic E-state index is 0.164. The van der Waals surface area contributed by atoms with E-state index in [1.807, 2.05) is 12.1 Å². The number of rotatable bonds is 2. The van der Waals surface area contributed by atoms with Gasteiger partial charge in [-0.25, -0.2) is 4.39 Å². The predicted molar refractivity (Wildman–Crippen MR) is 73.6 cm³/mol. The summed E-state index contributed by atoms with van der Waals surface area (Å²) in [4.78, 5) is 2.40. The van der Waals surface area contributed by atoms with Crippen molar-refractivity contribution >= 4 is 0 Å². The molecular weight excluding hydrogens is 241 g/mol. The fourth-order valence-electron chi connectivity index (χ4n) is 3.35. The van der Waals surface area contributed by atoms with E-state index in [9.17, 15) is 4.39 Å². The van der Waals surface area contributed by atoms with Gasteiger partial charge in [0.25, 0.3) is 0 Å². The first-order valence-corrected chi connectivity index (χ1v) is 7.20. The van der Waals surface area contributed by atoms with Gasteiger partial charge in [-0.1, -0.05) is 12.1 Å². The Bertz CT molecular complexity index is 423. The zero-order valence-corrected chi connectivity index (χ0v) is 11.6. The van der Waals surface area contributed by atoms with Crippen LogP contribution in [0.2, 0.25) is 0 Å². The van der Waals surface area contributed by atoms with Crippen molar-refractivity contribution in [1.29, 1.82) is 0 Å². The maximum atomic E-state index is 12.9. The average molecular weight is 263 g/mol. The van der Waals surface area contributed by atoms with E-state index in [4.69, 9.17) is 4.74 Å². The Labute approximate surface area is 114 Å². The van der Waals surface area contributed by atoms with Crippen LogP contribution in [-0.4, -0.2) is 37.7 Å². The Kier molecular flexibility index (Phi) is 3.59. The van der Waals surface area contributed by atoms with Gasteiger partial charge in [-0.3, -0.25) is 0 Å². The number of hydrogen-bond donors (Lipinski definition) is 0. The molecule has 1 aromatic rings. The first kappa shape index (κ1) is 13.1. The second-order valence-electron chi connectivity index (χ2n) is 6.27. The summed E-state index contributed by atoms with van der Waals surface area (Å²) in [6, 6.07) is 6.82. The fraction of sp³-hybridized carbons (Fsp3) is 0.625. The first-order chi connectivity index (χ1) is 9.15. The monoisotopic (exact) mass is 263 g/mol. The average Bonchev–Trinajstić information content (AvgIpc) is 2.80. The summed E-state index contributed by atoms with van der Waals surface area (Å²) in [6.07, 6.45) is 4.90. The van der Waals surface area contributed by atoms with Crippen molar-refractivity contribution in [2.24, 2.45) is 5.41 Å². The van der Waals surface area contributed by atoms with Gasteiger partial charge < -0.3 is 9.64 Å². The summed E-state index contributed by atoms with van der Waals surface area (Å²) in [7, 11) is 2.19. The lowest BCUT2D eigenvalue weighted by Gasteiger charge is -2.36. The van der Waals surface area contributed by atoms with Crippen molar-refractivity contribution in [3.63, 3.8) is 0 Å². The smallest absolute Gasteiger partial charge is 0.123 e. The standard InChI is InChI=1S/C16H22FNO/c1-18-8-6-16(7-9-18)11-15(19-12-16)10-13-2-4-14(17)5-3-13/h2-5,15H,6-12H2,1H3. The molecule has 2 aliphatic heterocycles. The third-order valence-electron chi connectivity index (χ3n) is 4.71. The molecule has 1 spiro atoms. The highest BCUT2D eigenvalue weighted by Gasteiger charge is 2.41. The lowest BCUT2D eigenvalue weighted by atomic mass is 9.76. The zero-order valence-electron chi connectivity index (χ0n) is 11.6. The minimum atomic E-state index is -0.164. The molecule has 2 aliphatic rings. The van der Waals surface area contributed by atoms with Crippen molar-refractivity contribution in [3.8, 4) is 0 Å². The Morgan fingerprint density at radius 1 is 1.26 bits per heavy atom. The Balaban J connectivity index is 1.58. The second-order valence-corrected chi connectivity index (χ2v) is 6.27. The largest absolute Gasteiger partial charge is 0.377 e. The summed E-state index contributed by atoms with van der Waals surface area (Å²) in [5.41, 5.74) is 1.59. The SMILES string of the molecule is CN1CCC2(CC1)COC(Cc1ccc(F)cc1)C2. The van der Waals surface area contributed by atoms with Crippen LogP contribution in [0.1, 0.15) is 24.8 Å². The lowest BCUT2D eigenvalue weighted by Crippen LogP contribution is -2.38. The highest BCUT2D eigenvalue weighted by molar-refractivity contribution is 5.17. The van der Waals surface area contributed by atoms with E-state index in [2.05, 4.69) is 11.9 Å². The van der Waals surface area contributed by atoms with Crippen molar-refractivity contribution in [2.75, 3.05) is 26.7 Å². The van der Waals surface area contributed by atoms with Crippen LogP contribution in [-0.2, 0) is 11.2 Å². The summed E-state index contributed by atoms with van der Waals surface area (Å²) in [5.74, 6) is -0.164. The topological polar surface area (TPSA) is 12.5 Å². The molecule has 1 atom stereocenters. The molecule has 19 heavy (non-hydrogen) atoms. The quantitative estimate of drug-likeness (QED) is 0.813. The number of hydrogen-bond acceptors (Lipinski definition) is 2. The van der Waals surface area contributed by atoms with E-state index in [-0.39, 0.29) is 5.82 Å². The molecule has 0 N–H and O–H groups in total. The molecule has 2 fully saturated rings. The molecule has 2 nitrogen and oxygen atoms in total. The van der Waals surface area contributed by atoms with Crippen LogP contribution in [0.25, 0.3) is 0 Å².